The number of nitrogens with one attached hydrogen (secondary N) is 6. The van der Waals surface area contributed by atoms with Crippen LogP contribution in [0.15, 0.2) is 66.9 Å². The number of carbonyl (C=O) groups excluding carboxylic acids is 2. The number of carbonyl (C=O) groups is 2. The molecule has 304 valence electrons. The molecule has 5 aromatic rings. The van der Waals surface area contributed by atoms with E-state index in [2.05, 4.69) is 41.5 Å². The topological polar surface area (TPSA) is 176 Å². The number of fused-ring (bicyclic) bond motifs is 2. The zero-order valence-corrected chi connectivity index (χ0v) is 32.9. The minimum atomic E-state index is -3.47. The molecule has 0 spiro atoms. The van der Waals surface area contributed by atoms with Gasteiger partial charge in [-0.1, -0.05) is 24.3 Å². The van der Waals surface area contributed by atoms with Gasteiger partial charge in [0.05, 0.1) is 34.6 Å². The van der Waals surface area contributed by atoms with E-state index in [0.717, 1.165) is 24.9 Å². The predicted octanol–water partition coefficient (Wildman–Crippen LogP) is 4.96. The number of aromatic amines is 1. The number of piperidine rings is 2. The molecule has 2 aromatic heterocycles. The summed E-state index contributed by atoms with van der Waals surface area (Å²) >= 11 is 0. The highest BCUT2D eigenvalue weighted by Crippen LogP contribution is 2.39. The van der Waals surface area contributed by atoms with Crippen LogP contribution in [-0.2, 0) is 32.5 Å². The molecule has 5 heterocycles. The van der Waals surface area contributed by atoms with Crippen molar-refractivity contribution >= 4 is 67.4 Å². The van der Waals surface area contributed by atoms with Gasteiger partial charge in [0.1, 0.15) is 23.1 Å². The van der Waals surface area contributed by atoms with Crippen LogP contribution in [0.2, 0.25) is 0 Å². The molecule has 1 unspecified atom stereocenters. The molecule has 3 aliphatic heterocycles. The summed E-state index contributed by atoms with van der Waals surface area (Å²) in [6.45, 7) is 3.84. The van der Waals surface area contributed by atoms with Crippen molar-refractivity contribution in [3.63, 3.8) is 0 Å². The first-order valence-corrected chi connectivity index (χ1v) is 21.4. The third-order valence-electron chi connectivity index (χ3n) is 11.1. The van der Waals surface area contributed by atoms with Crippen molar-refractivity contribution in [2.75, 3.05) is 65.4 Å². The van der Waals surface area contributed by atoms with Crippen molar-refractivity contribution in [3.8, 4) is 0 Å². The number of H-pyrrole nitrogens is 1. The molecule has 6 N–H and O–H groups in total. The lowest BCUT2D eigenvalue weighted by Crippen LogP contribution is -2.44. The summed E-state index contributed by atoms with van der Waals surface area (Å²) in [4.78, 5) is 38.0. The first-order chi connectivity index (χ1) is 28.0. The van der Waals surface area contributed by atoms with Gasteiger partial charge < -0.3 is 31.2 Å². The molecular formula is C41H46F2N10O4S. The Hall–Kier alpha value is -5.65. The molecule has 8 rings (SSSR count). The quantitative estimate of drug-likeness (QED) is 0.0661. The third kappa shape index (κ3) is 8.61. The average Bonchev–Trinajstić information content (AvgIpc) is 3.86. The van der Waals surface area contributed by atoms with Gasteiger partial charge in [-0.05, 0) is 91.7 Å². The second-order valence-electron chi connectivity index (χ2n) is 15.0. The van der Waals surface area contributed by atoms with Crippen molar-refractivity contribution in [1.29, 1.82) is 0 Å². The Morgan fingerprint density at radius 3 is 2.50 bits per heavy atom. The first kappa shape index (κ1) is 39.2. The van der Waals surface area contributed by atoms with Crippen LogP contribution in [0, 0.1) is 11.6 Å². The van der Waals surface area contributed by atoms with Gasteiger partial charge >= 0.3 is 0 Å². The number of anilines is 6. The van der Waals surface area contributed by atoms with E-state index in [-0.39, 0.29) is 35.8 Å². The molecule has 17 heteroatoms. The van der Waals surface area contributed by atoms with Gasteiger partial charge in [-0.15, -0.1) is 0 Å². The summed E-state index contributed by atoms with van der Waals surface area (Å²) in [6.07, 6.45) is 6.43. The van der Waals surface area contributed by atoms with Crippen LogP contribution in [0.1, 0.15) is 48.3 Å². The average molecular weight is 813 g/mol. The second-order valence-corrected chi connectivity index (χ2v) is 16.9. The molecular weight excluding hydrogens is 767 g/mol. The molecule has 3 aromatic carbocycles. The lowest BCUT2D eigenvalue weighted by atomic mass is 9.89. The van der Waals surface area contributed by atoms with E-state index in [1.165, 1.54) is 22.7 Å². The van der Waals surface area contributed by atoms with Gasteiger partial charge in [0.25, 0.3) is 0 Å². The van der Waals surface area contributed by atoms with Gasteiger partial charge in [-0.3, -0.25) is 19.2 Å². The molecule has 2 fully saturated rings. The second kappa shape index (κ2) is 16.7. The van der Waals surface area contributed by atoms with Crippen molar-refractivity contribution in [2.45, 2.75) is 50.5 Å². The van der Waals surface area contributed by atoms with E-state index >= 15 is 4.39 Å². The maximum absolute atomic E-state index is 15.6. The van der Waals surface area contributed by atoms with Gasteiger partial charge in [-0.2, -0.15) is 9.97 Å². The number of aromatic nitrogens is 3. The smallest absolute Gasteiger partial charge is 0.234 e. The lowest BCUT2D eigenvalue weighted by molar-refractivity contribution is -0.134. The fraction of sp³-hybridized carbons (Fsp3) is 0.366. The summed E-state index contributed by atoms with van der Waals surface area (Å²) in [5.74, 6) is -1.16. The van der Waals surface area contributed by atoms with Crippen LogP contribution in [0.4, 0.5) is 43.3 Å². The number of imide groups is 1. The number of benzene rings is 3. The molecule has 58 heavy (non-hydrogen) atoms. The minimum Gasteiger partial charge on any atom is -0.369 e. The Kier molecular flexibility index (Phi) is 11.3. The Morgan fingerprint density at radius 2 is 1.72 bits per heavy atom. The summed E-state index contributed by atoms with van der Waals surface area (Å²) in [7, 11) is -3.47. The van der Waals surface area contributed by atoms with E-state index in [1.54, 1.807) is 30.5 Å². The number of hydrogen-bond donors (Lipinski definition) is 6. The highest BCUT2D eigenvalue weighted by molar-refractivity contribution is 7.92. The molecule has 3 aliphatic rings. The van der Waals surface area contributed by atoms with Crippen LogP contribution in [0.5, 0.6) is 0 Å². The SMILES string of the molecule is CS(=O)(=O)N1CCc2cccc(Nc3nc(Nc4ccc(N5CCC(NCCNCCc6ccc(C7CCC(=O)NC7=O)cc6F)CC5)c(F)c4)nc4[nH]ccc34)c21. The van der Waals surface area contributed by atoms with E-state index in [4.69, 9.17) is 4.98 Å². The maximum Gasteiger partial charge on any atom is 0.234 e. The van der Waals surface area contributed by atoms with Crippen molar-refractivity contribution in [2.24, 2.45) is 0 Å². The Morgan fingerprint density at radius 1 is 0.879 bits per heavy atom. The van der Waals surface area contributed by atoms with Crippen LogP contribution in [-0.4, -0.2) is 86.8 Å². The molecule has 0 bridgehead atoms. The molecule has 0 saturated carbocycles. The van der Waals surface area contributed by atoms with Crippen molar-refractivity contribution < 1.29 is 26.8 Å². The molecule has 2 amide bonds. The standard InChI is InChI=1S/C41H46F2N10O4S/c1-58(56,57)53-22-13-26-3-2-4-34(37(26)53)48-39-31-12-17-46-38(31)50-41(51-39)47-29-7-9-35(33(43)24-29)52-20-14-28(15-21-52)45-19-18-44-16-11-25-5-6-27(23-32(25)42)30-8-10-36(54)49-40(30)55/h2-7,9,12,17,23-24,28,30,44-45H,8,10-11,13-16,18-22H2,1H3,(H,49,54,55)(H3,46,47,48,50,51). The fourth-order valence-electron chi connectivity index (χ4n) is 8.08. The van der Waals surface area contributed by atoms with Gasteiger partial charge in [-0.25, -0.2) is 17.2 Å². The number of rotatable bonds is 14. The zero-order valence-electron chi connectivity index (χ0n) is 32.1. The minimum absolute atomic E-state index is 0.242. The molecule has 14 nitrogen and oxygen atoms in total. The summed E-state index contributed by atoms with van der Waals surface area (Å²) < 4.78 is 56.9. The monoisotopic (exact) mass is 812 g/mol. The van der Waals surface area contributed by atoms with Crippen molar-refractivity contribution in [3.05, 3.63) is 95.2 Å². The van der Waals surface area contributed by atoms with Crippen LogP contribution >= 0.6 is 0 Å². The number of hydrogen-bond acceptors (Lipinski definition) is 11. The van der Waals surface area contributed by atoms with Crippen LogP contribution in [0.25, 0.3) is 11.0 Å². The molecule has 0 aliphatic carbocycles. The third-order valence-corrected chi connectivity index (χ3v) is 12.3. The normalized spacial score (nSPS) is 17.5. The van der Waals surface area contributed by atoms with E-state index in [0.29, 0.717) is 109 Å². The largest absolute Gasteiger partial charge is 0.369 e. The Bertz CT molecular complexity index is 2450. The van der Waals surface area contributed by atoms with Crippen LogP contribution in [0.3, 0.4) is 0 Å². The summed E-state index contributed by atoms with van der Waals surface area (Å²) in [5.41, 5.74) is 4.88. The Balaban J connectivity index is 0.806. The summed E-state index contributed by atoms with van der Waals surface area (Å²) in [6, 6.07) is 17.7. The lowest BCUT2D eigenvalue weighted by Gasteiger charge is -2.34. The fourth-order valence-corrected chi connectivity index (χ4v) is 9.05. The number of amides is 2. The first-order valence-electron chi connectivity index (χ1n) is 19.6. The van der Waals surface area contributed by atoms with Gasteiger partial charge in [0.15, 0.2) is 0 Å². The van der Waals surface area contributed by atoms with E-state index < -0.39 is 15.9 Å². The number of para-hydroxylation sites is 1. The maximum atomic E-state index is 15.6. The Labute approximate surface area is 335 Å². The summed E-state index contributed by atoms with van der Waals surface area (Å²) in [5, 5.41) is 16.4. The van der Waals surface area contributed by atoms with E-state index in [9.17, 15) is 22.4 Å². The highest BCUT2D eigenvalue weighted by atomic mass is 32.2. The van der Waals surface area contributed by atoms with Gasteiger partial charge in [0, 0.05) is 57.1 Å². The molecule has 0 radical (unpaired) electrons. The number of nitrogens with zero attached hydrogens (tertiary/aromatic N) is 4. The van der Waals surface area contributed by atoms with Gasteiger partial charge in [0.2, 0.25) is 27.8 Å². The number of halogens is 2. The van der Waals surface area contributed by atoms with E-state index in [1.807, 2.05) is 24.3 Å². The van der Waals surface area contributed by atoms with Crippen LogP contribution < -0.4 is 35.8 Å². The highest BCUT2D eigenvalue weighted by Gasteiger charge is 2.30. The number of sulfonamides is 1. The molecule has 2 saturated heterocycles. The zero-order chi connectivity index (χ0) is 40.4. The molecule has 1 atom stereocenters. The predicted molar refractivity (Wildman–Crippen MR) is 221 cm³/mol. The van der Waals surface area contributed by atoms with Crippen molar-refractivity contribution in [1.82, 2.24) is 30.9 Å².